The second kappa shape index (κ2) is 6.84. The lowest BCUT2D eigenvalue weighted by molar-refractivity contribution is 0.172. The molecule has 0 unspecified atom stereocenters. The summed E-state index contributed by atoms with van der Waals surface area (Å²) in [5.74, 6) is 1.24. The first-order chi connectivity index (χ1) is 10.8. The Bertz CT molecular complexity index is 628. The van der Waals surface area contributed by atoms with E-state index in [2.05, 4.69) is 15.6 Å². The molecule has 2 N–H and O–H groups in total. The fourth-order valence-electron chi connectivity index (χ4n) is 2.22. The minimum atomic E-state index is -0.256. The number of rotatable bonds is 5. The van der Waals surface area contributed by atoms with Crippen LogP contribution in [-0.4, -0.2) is 35.3 Å². The Labute approximate surface area is 128 Å². The molecule has 1 aliphatic rings. The quantitative estimate of drug-likeness (QED) is 0.827. The van der Waals surface area contributed by atoms with Gasteiger partial charge in [-0.3, -0.25) is 0 Å². The average molecular weight is 302 g/mol. The molecule has 1 aromatic heterocycles. The number of hydrogen-bond acceptors (Lipinski definition) is 4. The van der Waals surface area contributed by atoms with E-state index in [4.69, 9.17) is 9.47 Å². The molecule has 0 spiro atoms. The number of imidazole rings is 1. The van der Waals surface area contributed by atoms with E-state index in [-0.39, 0.29) is 6.03 Å². The fraction of sp³-hybridized carbons (Fsp3) is 0.333. The standard InChI is InChI=1S/C15H18N4O3/c20-15(17-5-2-7-19-8-6-16-11-19)18-12-3-1-4-13-14(12)22-10-9-21-13/h1,3-4,6,8,11H,2,5,7,9-10H2,(H2,17,18,20). The van der Waals surface area contributed by atoms with Crippen molar-refractivity contribution in [1.82, 2.24) is 14.9 Å². The number of carbonyl (C=O) groups is 1. The zero-order valence-electron chi connectivity index (χ0n) is 12.1. The van der Waals surface area contributed by atoms with E-state index in [1.165, 1.54) is 0 Å². The Morgan fingerprint density at radius 3 is 3.09 bits per heavy atom. The van der Waals surface area contributed by atoms with Crippen molar-refractivity contribution in [1.29, 1.82) is 0 Å². The fourth-order valence-corrected chi connectivity index (χ4v) is 2.22. The van der Waals surface area contributed by atoms with Crippen LogP contribution in [0.4, 0.5) is 10.5 Å². The number of benzene rings is 1. The van der Waals surface area contributed by atoms with Crippen LogP contribution in [0.3, 0.4) is 0 Å². The molecule has 7 heteroatoms. The zero-order valence-corrected chi connectivity index (χ0v) is 12.1. The van der Waals surface area contributed by atoms with Gasteiger partial charge in [0, 0.05) is 25.5 Å². The lowest BCUT2D eigenvalue weighted by Gasteiger charge is -2.21. The van der Waals surface area contributed by atoms with Gasteiger partial charge in [-0.05, 0) is 18.6 Å². The Kier molecular flexibility index (Phi) is 4.43. The van der Waals surface area contributed by atoms with Crippen molar-refractivity contribution in [3.8, 4) is 11.5 Å². The highest BCUT2D eigenvalue weighted by molar-refractivity contribution is 5.91. The highest BCUT2D eigenvalue weighted by Gasteiger charge is 2.16. The van der Waals surface area contributed by atoms with Gasteiger partial charge in [-0.25, -0.2) is 9.78 Å². The van der Waals surface area contributed by atoms with Crippen molar-refractivity contribution < 1.29 is 14.3 Å². The highest BCUT2D eigenvalue weighted by atomic mass is 16.6. The van der Waals surface area contributed by atoms with Gasteiger partial charge in [0.1, 0.15) is 13.2 Å². The lowest BCUT2D eigenvalue weighted by atomic mass is 10.2. The van der Waals surface area contributed by atoms with Crippen molar-refractivity contribution >= 4 is 11.7 Å². The van der Waals surface area contributed by atoms with Crippen molar-refractivity contribution in [2.24, 2.45) is 0 Å². The number of anilines is 1. The van der Waals surface area contributed by atoms with Crippen molar-refractivity contribution in [3.05, 3.63) is 36.9 Å². The van der Waals surface area contributed by atoms with Gasteiger partial charge < -0.3 is 24.7 Å². The molecule has 3 rings (SSSR count). The van der Waals surface area contributed by atoms with E-state index >= 15 is 0 Å². The van der Waals surface area contributed by atoms with Crippen LogP contribution in [0, 0.1) is 0 Å². The van der Waals surface area contributed by atoms with Crippen LogP contribution in [0.25, 0.3) is 0 Å². The number of amides is 2. The first-order valence-electron chi connectivity index (χ1n) is 7.22. The van der Waals surface area contributed by atoms with Gasteiger partial charge in [-0.1, -0.05) is 6.07 Å². The van der Waals surface area contributed by atoms with Gasteiger partial charge in [-0.15, -0.1) is 0 Å². The number of aromatic nitrogens is 2. The van der Waals surface area contributed by atoms with Crippen LogP contribution < -0.4 is 20.1 Å². The minimum Gasteiger partial charge on any atom is -0.486 e. The topological polar surface area (TPSA) is 77.4 Å². The summed E-state index contributed by atoms with van der Waals surface area (Å²) in [7, 11) is 0. The highest BCUT2D eigenvalue weighted by Crippen LogP contribution is 2.37. The molecule has 1 aliphatic heterocycles. The molecular weight excluding hydrogens is 284 g/mol. The first-order valence-corrected chi connectivity index (χ1v) is 7.22. The second-order valence-electron chi connectivity index (χ2n) is 4.86. The number of ether oxygens (including phenoxy) is 2. The van der Waals surface area contributed by atoms with E-state index in [1.807, 2.05) is 22.9 Å². The molecule has 0 bridgehead atoms. The van der Waals surface area contributed by atoms with E-state index in [1.54, 1.807) is 18.6 Å². The number of aryl methyl sites for hydroxylation is 1. The summed E-state index contributed by atoms with van der Waals surface area (Å²) in [6.45, 7) is 2.41. The summed E-state index contributed by atoms with van der Waals surface area (Å²) in [6, 6.07) is 5.18. The van der Waals surface area contributed by atoms with Crippen molar-refractivity contribution in [2.45, 2.75) is 13.0 Å². The predicted molar refractivity (Wildman–Crippen MR) is 81.3 cm³/mol. The number of para-hydroxylation sites is 1. The van der Waals surface area contributed by atoms with Crippen LogP contribution in [-0.2, 0) is 6.54 Å². The van der Waals surface area contributed by atoms with Crippen molar-refractivity contribution in [3.63, 3.8) is 0 Å². The largest absolute Gasteiger partial charge is 0.486 e. The van der Waals surface area contributed by atoms with Crippen LogP contribution in [0.2, 0.25) is 0 Å². The summed E-state index contributed by atoms with van der Waals surface area (Å²) in [5.41, 5.74) is 0.615. The predicted octanol–water partition coefficient (Wildman–Crippen LogP) is 1.87. The van der Waals surface area contributed by atoms with Gasteiger partial charge in [-0.2, -0.15) is 0 Å². The molecule has 0 saturated heterocycles. The molecule has 116 valence electrons. The maximum Gasteiger partial charge on any atom is 0.319 e. The summed E-state index contributed by atoms with van der Waals surface area (Å²) in [4.78, 5) is 15.9. The summed E-state index contributed by atoms with van der Waals surface area (Å²) in [5, 5.41) is 5.61. The molecule has 2 heterocycles. The maximum absolute atomic E-state index is 11.9. The number of carbonyl (C=O) groups excluding carboxylic acids is 1. The number of urea groups is 1. The lowest BCUT2D eigenvalue weighted by Crippen LogP contribution is -2.30. The number of nitrogens with one attached hydrogen (secondary N) is 2. The number of hydrogen-bond donors (Lipinski definition) is 2. The molecule has 22 heavy (non-hydrogen) atoms. The monoisotopic (exact) mass is 302 g/mol. The zero-order chi connectivity index (χ0) is 15.2. The maximum atomic E-state index is 11.9. The van der Waals surface area contributed by atoms with Gasteiger partial charge in [0.25, 0.3) is 0 Å². The molecule has 0 aliphatic carbocycles. The molecular formula is C15H18N4O3. The smallest absolute Gasteiger partial charge is 0.319 e. The summed E-state index contributed by atoms with van der Waals surface area (Å²) in [6.07, 6.45) is 6.22. The third kappa shape index (κ3) is 3.49. The third-order valence-electron chi connectivity index (χ3n) is 3.25. The number of fused-ring (bicyclic) bond motifs is 1. The Balaban J connectivity index is 1.47. The van der Waals surface area contributed by atoms with E-state index in [9.17, 15) is 4.79 Å². The molecule has 0 saturated carbocycles. The van der Waals surface area contributed by atoms with Crippen LogP contribution in [0.5, 0.6) is 11.5 Å². The van der Waals surface area contributed by atoms with Gasteiger partial charge in [0.05, 0.1) is 12.0 Å². The molecule has 0 radical (unpaired) electrons. The Hall–Kier alpha value is -2.70. The molecule has 2 amide bonds. The normalized spacial score (nSPS) is 12.7. The molecule has 1 aromatic carbocycles. The molecule has 0 atom stereocenters. The summed E-state index contributed by atoms with van der Waals surface area (Å²) < 4.78 is 13.0. The molecule has 0 fully saturated rings. The van der Waals surface area contributed by atoms with Crippen LogP contribution in [0.1, 0.15) is 6.42 Å². The average Bonchev–Trinajstić information content (AvgIpc) is 3.05. The molecule has 7 nitrogen and oxygen atoms in total. The number of nitrogens with zero attached hydrogens (tertiary/aromatic N) is 2. The van der Waals surface area contributed by atoms with Crippen LogP contribution in [0.15, 0.2) is 36.9 Å². The van der Waals surface area contributed by atoms with Gasteiger partial charge >= 0.3 is 6.03 Å². The summed E-state index contributed by atoms with van der Waals surface area (Å²) >= 11 is 0. The first kappa shape index (κ1) is 14.2. The molecule has 2 aromatic rings. The van der Waals surface area contributed by atoms with Crippen LogP contribution >= 0.6 is 0 Å². The Morgan fingerprint density at radius 2 is 2.23 bits per heavy atom. The second-order valence-corrected chi connectivity index (χ2v) is 4.86. The minimum absolute atomic E-state index is 0.256. The third-order valence-corrected chi connectivity index (χ3v) is 3.25. The SMILES string of the molecule is O=C(NCCCn1ccnc1)Nc1cccc2c1OCCO2. The van der Waals surface area contributed by atoms with Crippen molar-refractivity contribution in [2.75, 3.05) is 25.1 Å². The van der Waals surface area contributed by atoms with E-state index in [0.717, 1.165) is 13.0 Å². The Morgan fingerprint density at radius 1 is 1.32 bits per heavy atom. The van der Waals surface area contributed by atoms with E-state index < -0.39 is 0 Å². The van der Waals surface area contributed by atoms with Gasteiger partial charge in [0.2, 0.25) is 0 Å². The van der Waals surface area contributed by atoms with E-state index in [0.29, 0.717) is 36.9 Å². The van der Waals surface area contributed by atoms with Gasteiger partial charge in [0.15, 0.2) is 11.5 Å².